The van der Waals surface area contributed by atoms with Crippen LogP contribution in [0.4, 0.5) is 0 Å². The Morgan fingerprint density at radius 3 is 3.31 bits per heavy atom. The van der Waals surface area contributed by atoms with Gasteiger partial charge >= 0.3 is 0 Å². The first-order valence-corrected chi connectivity index (χ1v) is 4.37. The van der Waals surface area contributed by atoms with Gasteiger partial charge in [-0.1, -0.05) is 6.07 Å². The van der Waals surface area contributed by atoms with Crippen LogP contribution in [0.15, 0.2) is 18.2 Å². The summed E-state index contributed by atoms with van der Waals surface area (Å²) in [5.41, 5.74) is 1.81. The summed E-state index contributed by atoms with van der Waals surface area (Å²) in [6.45, 7) is 1.04. The molecule has 0 aromatic carbocycles. The van der Waals surface area contributed by atoms with Crippen molar-refractivity contribution in [3.05, 3.63) is 29.6 Å². The minimum Gasteiger partial charge on any atom is -0.369 e. The Kier molecular flexibility index (Phi) is 1.93. The van der Waals surface area contributed by atoms with Crippen molar-refractivity contribution in [1.82, 2.24) is 10.3 Å². The van der Waals surface area contributed by atoms with Crippen LogP contribution in [-0.2, 0) is 4.74 Å². The lowest BCUT2D eigenvalue weighted by molar-refractivity contribution is 0.0249. The van der Waals surface area contributed by atoms with Crippen molar-refractivity contribution in [2.24, 2.45) is 0 Å². The molecule has 0 bridgehead atoms. The van der Waals surface area contributed by atoms with E-state index in [0.717, 1.165) is 11.4 Å². The molecule has 3 nitrogen and oxygen atoms in total. The maximum absolute atomic E-state index is 7.43. The van der Waals surface area contributed by atoms with Gasteiger partial charge in [0.1, 0.15) is 6.10 Å². The summed E-state index contributed by atoms with van der Waals surface area (Å²) < 4.78 is 20.3. The molecule has 1 aliphatic rings. The summed E-state index contributed by atoms with van der Waals surface area (Å²) in [6, 6.07) is 5.77. The van der Waals surface area contributed by atoms with Gasteiger partial charge < -0.3 is 10.1 Å². The number of aryl methyl sites for hydroxylation is 1. The molecular formula is C10H14N2O. The van der Waals surface area contributed by atoms with E-state index in [1.54, 1.807) is 0 Å². The second-order valence-electron chi connectivity index (χ2n) is 3.06. The Balaban J connectivity index is 2.08. The highest BCUT2D eigenvalue weighted by atomic mass is 16.5. The van der Waals surface area contributed by atoms with Crippen molar-refractivity contribution in [3.63, 3.8) is 0 Å². The fraction of sp³-hybridized carbons (Fsp3) is 0.500. The van der Waals surface area contributed by atoms with Gasteiger partial charge in [0, 0.05) is 21.5 Å². The molecule has 0 spiro atoms. The predicted molar refractivity (Wildman–Crippen MR) is 50.5 cm³/mol. The van der Waals surface area contributed by atoms with Gasteiger partial charge in [0.15, 0.2) is 0 Å². The number of rotatable bonds is 1. The molecule has 1 aromatic rings. The van der Waals surface area contributed by atoms with Crippen LogP contribution in [0, 0.1) is 6.92 Å². The second kappa shape index (κ2) is 3.85. The number of hydrogen-bond acceptors (Lipinski definition) is 3. The third-order valence-corrected chi connectivity index (χ3v) is 2.01. The first kappa shape index (κ1) is 6.51. The van der Waals surface area contributed by atoms with Crippen molar-refractivity contribution in [2.75, 3.05) is 19.6 Å². The second-order valence-corrected chi connectivity index (χ2v) is 3.06. The maximum atomic E-state index is 7.43. The van der Waals surface area contributed by atoms with Gasteiger partial charge in [0.2, 0.25) is 0 Å². The van der Waals surface area contributed by atoms with Crippen LogP contribution in [-0.4, -0.2) is 24.6 Å². The highest BCUT2D eigenvalue weighted by Gasteiger charge is 2.16. The monoisotopic (exact) mass is 180 g/mol. The van der Waals surface area contributed by atoms with E-state index < -0.39 is 6.50 Å². The van der Waals surface area contributed by atoms with Crippen LogP contribution in [0.5, 0.6) is 0 Å². The van der Waals surface area contributed by atoms with E-state index in [2.05, 4.69) is 10.3 Å². The molecule has 0 amide bonds. The first-order chi connectivity index (χ1) is 7.07. The Bertz CT molecular complexity index is 347. The number of nitrogens with zero attached hydrogens (tertiary/aromatic N) is 1. The Morgan fingerprint density at radius 2 is 2.62 bits per heavy atom. The first-order valence-electron chi connectivity index (χ1n) is 5.37. The molecule has 2 rings (SSSR count). The van der Waals surface area contributed by atoms with Crippen LogP contribution >= 0.6 is 0 Å². The number of pyridine rings is 1. The van der Waals surface area contributed by atoms with Crippen molar-refractivity contribution in [2.45, 2.75) is 13.0 Å². The Labute approximate surface area is 80.9 Å². The van der Waals surface area contributed by atoms with E-state index in [4.69, 9.17) is 7.48 Å². The molecule has 0 radical (unpaired) electrons. The topological polar surface area (TPSA) is 34.1 Å². The molecule has 13 heavy (non-hydrogen) atoms. The number of aromatic nitrogens is 1. The van der Waals surface area contributed by atoms with Gasteiger partial charge in [-0.15, -0.1) is 0 Å². The Hall–Kier alpha value is -0.930. The molecule has 3 heteroatoms. The summed E-state index contributed by atoms with van der Waals surface area (Å²) >= 11 is 0. The molecule has 1 atom stereocenters. The smallest absolute Gasteiger partial charge is 0.112 e. The van der Waals surface area contributed by atoms with Crippen molar-refractivity contribution in [1.29, 1.82) is 0 Å². The largest absolute Gasteiger partial charge is 0.369 e. The zero-order chi connectivity index (χ0) is 10.9. The predicted octanol–water partition coefficient (Wildman–Crippen LogP) is 1.05. The normalized spacial score (nSPS) is 29.2. The molecule has 0 saturated carbocycles. The standard InChI is InChI=1S/C10H14N2O/c1-8-3-2-4-9(12-8)10-7-11-5-6-13-10/h2-4,10-11H,5-7H2,1H3/t10-/m1/s1/i5D2. The fourth-order valence-electron chi connectivity index (χ4n) is 1.35. The average Bonchev–Trinajstić information content (AvgIpc) is 2.17. The quantitative estimate of drug-likeness (QED) is 0.701. The van der Waals surface area contributed by atoms with Crippen LogP contribution in [0.3, 0.4) is 0 Å². The zero-order valence-electron chi connectivity index (χ0n) is 9.58. The molecule has 1 N–H and O–H groups in total. The van der Waals surface area contributed by atoms with E-state index in [1.807, 2.05) is 25.1 Å². The molecule has 70 valence electrons. The number of morpholine rings is 1. The molecule has 1 aromatic heterocycles. The summed E-state index contributed by atoms with van der Waals surface area (Å²) in [4.78, 5) is 4.36. The third-order valence-electron chi connectivity index (χ3n) is 2.01. The highest BCUT2D eigenvalue weighted by molar-refractivity contribution is 5.12. The Morgan fingerprint density at radius 1 is 1.69 bits per heavy atom. The van der Waals surface area contributed by atoms with Crippen LogP contribution in [0.1, 0.15) is 20.2 Å². The average molecular weight is 180 g/mol. The van der Waals surface area contributed by atoms with E-state index >= 15 is 0 Å². The molecule has 0 unspecified atom stereocenters. The lowest BCUT2D eigenvalue weighted by Crippen LogP contribution is -2.33. The molecule has 0 aliphatic carbocycles. The van der Waals surface area contributed by atoms with E-state index in [9.17, 15) is 0 Å². The van der Waals surface area contributed by atoms with Crippen LogP contribution in [0.2, 0.25) is 0 Å². The summed E-state index contributed by atoms with van der Waals surface area (Å²) in [5, 5.41) is 2.79. The SMILES string of the molecule is [2H]C1([2H])CO[C@@H](c2cccc(C)n2)CN1. The lowest BCUT2D eigenvalue weighted by atomic mass is 10.2. The number of nitrogens with one attached hydrogen (secondary N) is 1. The molecule has 1 fully saturated rings. The summed E-state index contributed by atoms with van der Waals surface area (Å²) in [6.07, 6.45) is -0.145. The van der Waals surface area contributed by atoms with Gasteiger partial charge in [0.05, 0.1) is 12.3 Å². The van der Waals surface area contributed by atoms with Gasteiger partial charge in [-0.25, -0.2) is 0 Å². The molecule has 2 heterocycles. The van der Waals surface area contributed by atoms with E-state index in [1.165, 1.54) is 0 Å². The fourth-order valence-corrected chi connectivity index (χ4v) is 1.35. The summed E-state index contributed by atoms with van der Waals surface area (Å²) in [7, 11) is 0. The van der Waals surface area contributed by atoms with Crippen LogP contribution in [0.25, 0.3) is 0 Å². The van der Waals surface area contributed by atoms with E-state index in [-0.39, 0.29) is 12.7 Å². The van der Waals surface area contributed by atoms with Gasteiger partial charge in [-0.05, 0) is 19.1 Å². The number of hydrogen-bond donors (Lipinski definition) is 1. The van der Waals surface area contributed by atoms with Crippen molar-refractivity contribution < 1.29 is 7.48 Å². The van der Waals surface area contributed by atoms with E-state index in [0.29, 0.717) is 6.54 Å². The van der Waals surface area contributed by atoms with Gasteiger partial charge in [-0.3, -0.25) is 4.98 Å². The van der Waals surface area contributed by atoms with Crippen LogP contribution < -0.4 is 5.32 Å². The number of ether oxygens (including phenoxy) is 1. The maximum Gasteiger partial charge on any atom is 0.112 e. The molecule has 1 aliphatic heterocycles. The minimum absolute atomic E-state index is 0.0628. The highest BCUT2D eigenvalue weighted by Crippen LogP contribution is 2.16. The van der Waals surface area contributed by atoms with Crippen molar-refractivity contribution in [3.8, 4) is 0 Å². The minimum atomic E-state index is -1.42. The summed E-state index contributed by atoms with van der Waals surface area (Å²) in [5.74, 6) is 0. The third kappa shape index (κ3) is 2.05. The molecule has 1 saturated heterocycles. The van der Waals surface area contributed by atoms with Gasteiger partial charge in [0.25, 0.3) is 0 Å². The van der Waals surface area contributed by atoms with Gasteiger partial charge in [-0.2, -0.15) is 0 Å². The van der Waals surface area contributed by atoms with Crippen molar-refractivity contribution >= 4 is 0 Å². The lowest BCUT2D eigenvalue weighted by Gasteiger charge is -2.23. The molecular weight excluding hydrogens is 164 g/mol. The zero-order valence-corrected chi connectivity index (χ0v) is 7.58.